The summed E-state index contributed by atoms with van der Waals surface area (Å²) in [6.45, 7) is 4.71. The van der Waals surface area contributed by atoms with E-state index in [-0.39, 0.29) is 12.1 Å². The van der Waals surface area contributed by atoms with Crippen molar-refractivity contribution in [2.75, 3.05) is 23.7 Å². The lowest BCUT2D eigenvalue weighted by Crippen LogP contribution is -2.41. The third-order valence-corrected chi connectivity index (χ3v) is 7.85. The van der Waals surface area contributed by atoms with Gasteiger partial charge >= 0.3 is 6.18 Å². The Balaban J connectivity index is 1.30. The number of carbonyl (C=O) groups excluding carboxylic acids is 1. The number of hydrogen-bond donors (Lipinski definition) is 4. The largest absolute Gasteiger partial charge is 0.416 e. The van der Waals surface area contributed by atoms with Gasteiger partial charge in [0.15, 0.2) is 0 Å². The van der Waals surface area contributed by atoms with E-state index >= 15 is 0 Å². The maximum absolute atomic E-state index is 13.6. The van der Waals surface area contributed by atoms with Gasteiger partial charge in [-0.25, -0.2) is 4.98 Å². The summed E-state index contributed by atoms with van der Waals surface area (Å²) in [5.74, 6) is 0.681. The number of rotatable bonds is 5. The van der Waals surface area contributed by atoms with Gasteiger partial charge in [0.05, 0.1) is 11.0 Å². The molecule has 42 heavy (non-hydrogen) atoms. The van der Waals surface area contributed by atoms with Gasteiger partial charge in [-0.1, -0.05) is 48.5 Å². The van der Waals surface area contributed by atoms with E-state index in [0.29, 0.717) is 18.3 Å². The lowest BCUT2D eigenvalue weighted by molar-refractivity contribution is -0.139. The zero-order valence-corrected chi connectivity index (χ0v) is 24.0. The second kappa shape index (κ2) is 12.4. The van der Waals surface area contributed by atoms with Gasteiger partial charge in [-0.15, -0.1) is 0 Å². The van der Waals surface area contributed by atoms with Gasteiger partial charge in [0.25, 0.3) is 0 Å². The average Bonchev–Trinajstić information content (AvgIpc) is 2.98. The van der Waals surface area contributed by atoms with Crippen LogP contribution in [0.2, 0.25) is 0 Å². The summed E-state index contributed by atoms with van der Waals surface area (Å²) in [6.07, 6.45) is -1.89. The SMILES string of the molecule is CC(C)(C(=O)NCc1ccc(-c2cnc3nc2NCCCNSc2cccc(c2)N3)cc1)c1ccccc1C(F)(F)F. The molecule has 0 radical (unpaired) electrons. The van der Waals surface area contributed by atoms with Crippen molar-refractivity contribution >= 4 is 35.3 Å². The fourth-order valence-electron chi connectivity index (χ4n) is 4.66. The van der Waals surface area contributed by atoms with E-state index in [1.54, 1.807) is 18.1 Å². The Hall–Kier alpha value is -4.09. The minimum absolute atomic E-state index is 0.0628. The molecule has 1 aromatic heterocycles. The Morgan fingerprint density at radius 1 is 0.976 bits per heavy atom. The van der Waals surface area contributed by atoms with Crippen LogP contribution in [-0.2, 0) is 22.9 Å². The number of hydrogen-bond acceptors (Lipinski definition) is 7. The first-order chi connectivity index (χ1) is 20.1. The Labute approximate surface area is 246 Å². The molecule has 1 amide bonds. The van der Waals surface area contributed by atoms with Gasteiger partial charge in [-0.05, 0) is 73.2 Å². The molecule has 1 aliphatic rings. The number of carbonyl (C=O) groups is 1. The number of amides is 1. The molecule has 0 fully saturated rings. The van der Waals surface area contributed by atoms with Crippen molar-refractivity contribution in [2.24, 2.45) is 0 Å². The second-order valence-electron chi connectivity index (χ2n) is 10.4. The Morgan fingerprint density at radius 3 is 2.50 bits per heavy atom. The van der Waals surface area contributed by atoms with Gasteiger partial charge in [0, 0.05) is 42.0 Å². The fraction of sp³-hybridized carbons (Fsp3) is 0.258. The minimum atomic E-state index is -4.55. The molecule has 3 aromatic carbocycles. The molecule has 4 aromatic rings. The highest BCUT2D eigenvalue weighted by atomic mass is 32.2. The number of fused-ring (bicyclic) bond motifs is 4. The number of benzene rings is 3. The number of aromatic nitrogens is 2. The topological polar surface area (TPSA) is 91.0 Å². The van der Waals surface area contributed by atoms with Gasteiger partial charge in [0.2, 0.25) is 11.9 Å². The lowest BCUT2D eigenvalue weighted by Gasteiger charge is -2.27. The molecule has 4 N–H and O–H groups in total. The standard InChI is InChI=1S/C31H31F3N6OS/c1-30(2,25-9-3-4-10-26(25)31(32,33)34)28(41)36-18-20-11-13-21(14-12-20)24-19-37-29-39-22-7-5-8-23(17-22)42-38-16-6-15-35-27(24)40-29/h3-5,7-14,17,19,38H,6,15-16,18H2,1-2H3,(H,36,41)(H2,35,37,39,40). The van der Waals surface area contributed by atoms with Crippen molar-refractivity contribution in [2.45, 2.75) is 43.3 Å². The van der Waals surface area contributed by atoms with Gasteiger partial charge in [0.1, 0.15) is 5.82 Å². The van der Waals surface area contributed by atoms with Crippen LogP contribution in [0.1, 0.15) is 37.0 Å². The monoisotopic (exact) mass is 592 g/mol. The summed E-state index contributed by atoms with van der Waals surface area (Å²) < 4.78 is 44.1. The number of anilines is 3. The normalized spacial score (nSPS) is 13.9. The van der Waals surface area contributed by atoms with E-state index in [2.05, 4.69) is 25.7 Å². The Bertz CT molecular complexity index is 1560. The lowest BCUT2D eigenvalue weighted by atomic mass is 9.80. The van der Waals surface area contributed by atoms with E-state index in [1.165, 1.54) is 32.0 Å². The summed E-state index contributed by atoms with van der Waals surface area (Å²) in [6, 6.07) is 20.8. The third-order valence-electron chi connectivity index (χ3n) is 7.01. The van der Waals surface area contributed by atoms with Crippen LogP contribution in [0.15, 0.2) is 83.9 Å². The fourth-order valence-corrected chi connectivity index (χ4v) is 5.40. The third kappa shape index (κ3) is 6.85. The van der Waals surface area contributed by atoms with Crippen LogP contribution in [0.4, 0.5) is 30.6 Å². The van der Waals surface area contributed by atoms with E-state index in [1.807, 2.05) is 48.5 Å². The zero-order valence-electron chi connectivity index (χ0n) is 23.2. The van der Waals surface area contributed by atoms with Crippen molar-refractivity contribution in [1.29, 1.82) is 0 Å². The molecule has 5 rings (SSSR count). The Morgan fingerprint density at radius 2 is 1.74 bits per heavy atom. The first-order valence-electron chi connectivity index (χ1n) is 13.5. The van der Waals surface area contributed by atoms with Crippen LogP contribution in [0.25, 0.3) is 11.1 Å². The highest BCUT2D eigenvalue weighted by molar-refractivity contribution is 7.97. The molecule has 0 saturated carbocycles. The molecule has 2 heterocycles. The summed E-state index contributed by atoms with van der Waals surface area (Å²) in [5, 5.41) is 9.49. The number of halogens is 3. The molecule has 0 unspecified atom stereocenters. The van der Waals surface area contributed by atoms with Crippen LogP contribution < -0.4 is 20.7 Å². The summed E-state index contributed by atoms with van der Waals surface area (Å²) >= 11 is 1.58. The molecular formula is C31H31F3N6OS. The predicted octanol–water partition coefficient (Wildman–Crippen LogP) is 6.91. The Kier molecular flexibility index (Phi) is 8.69. The van der Waals surface area contributed by atoms with Gasteiger partial charge < -0.3 is 16.0 Å². The van der Waals surface area contributed by atoms with Crippen LogP contribution in [0.3, 0.4) is 0 Å². The molecule has 0 atom stereocenters. The molecule has 4 bridgehead atoms. The molecule has 1 aliphatic heterocycles. The van der Waals surface area contributed by atoms with Crippen molar-refractivity contribution in [3.8, 4) is 11.1 Å². The number of alkyl halides is 3. The van der Waals surface area contributed by atoms with Crippen molar-refractivity contribution in [3.63, 3.8) is 0 Å². The van der Waals surface area contributed by atoms with Crippen molar-refractivity contribution < 1.29 is 18.0 Å². The highest BCUT2D eigenvalue weighted by Gasteiger charge is 2.40. The summed E-state index contributed by atoms with van der Waals surface area (Å²) in [4.78, 5) is 23.4. The molecule has 218 valence electrons. The molecule has 0 spiro atoms. The zero-order chi connectivity index (χ0) is 29.7. The smallest absolute Gasteiger partial charge is 0.369 e. The summed E-state index contributed by atoms with van der Waals surface area (Å²) in [5.41, 5.74) is 1.16. The number of nitrogens with one attached hydrogen (secondary N) is 4. The van der Waals surface area contributed by atoms with Gasteiger partial charge in [-0.3, -0.25) is 9.52 Å². The molecule has 0 saturated heterocycles. The molecular weight excluding hydrogens is 561 g/mol. The minimum Gasteiger partial charge on any atom is -0.369 e. The maximum atomic E-state index is 13.6. The summed E-state index contributed by atoms with van der Waals surface area (Å²) in [7, 11) is 0. The quantitative estimate of drug-likeness (QED) is 0.187. The van der Waals surface area contributed by atoms with E-state index < -0.39 is 23.1 Å². The highest BCUT2D eigenvalue weighted by Crippen LogP contribution is 2.37. The second-order valence-corrected chi connectivity index (χ2v) is 11.4. The molecule has 11 heteroatoms. The van der Waals surface area contributed by atoms with E-state index in [4.69, 9.17) is 4.98 Å². The van der Waals surface area contributed by atoms with Crippen LogP contribution >= 0.6 is 11.9 Å². The van der Waals surface area contributed by atoms with Crippen LogP contribution in [0.5, 0.6) is 0 Å². The molecule has 7 nitrogen and oxygen atoms in total. The number of nitrogens with zero attached hydrogens (tertiary/aromatic N) is 2. The average molecular weight is 593 g/mol. The van der Waals surface area contributed by atoms with Gasteiger partial charge in [-0.2, -0.15) is 18.2 Å². The van der Waals surface area contributed by atoms with E-state index in [9.17, 15) is 18.0 Å². The van der Waals surface area contributed by atoms with Crippen molar-refractivity contribution in [1.82, 2.24) is 20.0 Å². The van der Waals surface area contributed by atoms with Crippen LogP contribution in [0, 0.1) is 0 Å². The predicted molar refractivity (Wildman–Crippen MR) is 160 cm³/mol. The molecule has 0 aliphatic carbocycles. The van der Waals surface area contributed by atoms with E-state index in [0.717, 1.165) is 46.3 Å². The first kappa shape index (κ1) is 29.4. The van der Waals surface area contributed by atoms with Crippen molar-refractivity contribution in [3.05, 3.63) is 95.7 Å². The first-order valence-corrected chi connectivity index (χ1v) is 14.3. The van der Waals surface area contributed by atoms with Crippen LogP contribution in [-0.4, -0.2) is 29.0 Å². The maximum Gasteiger partial charge on any atom is 0.416 e.